The Kier molecular flexibility index (Phi) is 5.68. The second-order valence-corrected chi connectivity index (χ2v) is 6.43. The number of alkyl halides is 3. The van der Waals surface area contributed by atoms with Crippen LogP contribution in [-0.2, 0) is 17.5 Å². The molecule has 1 amide bonds. The number of amides is 1. The van der Waals surface area contributed by atoms with E-state index in [4.69, 9.17) is 0 Å². The van der Waals surface area contributed by atoms with Gasteiger partial charge in [-0.2, -0.15) is 13.2 Å². The molecule has 2 N–H and O–H groups in total. The third kappa shape index (κ3) is 4.96. The van der Waals surface area contributed by atoms with Gasteiger partial charge in [0.1, 0.15) is 6.54 Å². The maximum absolute atomic E-state index is 12.6. The predicted molar refractivity (Wildman–Crippen MR) is 81.9 cm³/mol. The summed E-state index contributed by atoms with van der Waals surface area (Å²) in [6, 6.07) is 5.18. The lowest BCUT2D eigenvalue weighted by atomic mass is 10.1. The SMILES string of the molecule is C[C@@H](C(=O)NC1CCCC1)[NH+](C)Cc1ccc(C(F)(F)F)cc1. The molecule has 1 saturated carbocycles. The van der Waals surface area contributed by atoms with Crippen LogP contribution >= 0.6 is 0 Å². The van der Waals surface area contributed by atoms with Gasteiger partial charge in [-0.05, 0) is 31.9 Å². The molecule has 1 aliphatic rings. The van der Waals surface area contributed by atoms with Crippen LogP contribution in [0.5, 0.6) is 0 Å². The van der Waals surface area contributed by atoms with Crippen LogP contribution in [-0.4, -0.2) is 25.0 Å². The lowest BCUT2D eigenvalue weighted by Gasteiger charge is -2.23. The van der Waals surface area contributed by atoms with Crippen LogP contribution in [0.15, 0.2) is 24.3 Å². The Labute approximate surface area is 134 Å². The average molecular weight is 329 g/mol. The Morgan fingerprint density at radius 1 is 1.26 bits per heavy atom. The molecular formula is C17H24F3N2O+. The fourth-order valence-corrected chi connectivity index (χ4v) is 2.91. The topological polar surface area (TPSA) is 33.5 Å². The van der Waals surface area contributed by atoms with Crippen LogP contribution in [0, 0.1) is 0 Å². The molecule has 23 heavy (non-hydrogen) atoms. The van der Waals surface area contributed by atoms with Gasteiger partial charge in [-0.15, -0.1) is 0 Å². The van der Waals surface area contributed by atoms with Gasteiger partial charge in [-0.1, -0.05) is 25.0 Å². The highest BCUT2D eigenvalue weighted by Gasteiger charge is 2.30. The Hall–Kier alpha value is -1.56. The van der Waals surface area contributed by atoms with Crippen molar-refractivity contribution in [1.82, 2.24) is 5.32 Å². The number of nitrogens with one attached hydrogen (secondary N) is 2. The molecule has 1 aromatic carbocycles. The quantitative estimate of drug-likeness (QED) is 0.853. The van der Waals surface area contributed by atoms with Crippen LogP contribution in [0.3, 0.4) is 0 Å². The van der Waals surface area contributed by atoms with E-state index in [2.05, 4.69) is 5.32 Å². The van der Waals surface area contributed by atoms with E-state index in [0.717, 1.165) is 48.3 Å². The molecule has 0 aromatic heterocycles. The Morgan fingerprint density at radius 3 is 2.35 bits per heavy atom. The third-order valence-electron chi connectivity index (χ3n) is 4.60. The highest BCUT2D eigenvalue weighted by Crippen LogP contribution is 2.28. The summed E-state index contributed by atoms with van der Waals surface area (Å²) in [5.74, 6) is 0.0151. The molecule has 3 nitrogen and oxygen atoms in total. The molecule has 6 heteroatoms. The van der Waals surface area contributed by atoms with Gasteiger partial charge in [-0.25, -0.2) is 0 Å². The summed E-state index contributed by atoms with van der Waals surface area (Å²) in [4.78, 5) is 13.2. The second-order valence-electron chi connectivity index (χ2n) is 6.43. The maximum Gasteiger partial charge on any atom is 0.416 e. The van der Waals surface area contributed by atoms with E-state index in [9.17, 15) is 18.0 Å². The molecular weight excluding hydrogens is 305 g/mol. The first-order valence-electron chi connectivity index (χ1n) is 8.06. The van der Waals surface area contributed by atoms with Crippen molar-refractivity contribution in [3.63, 3.8) is 0 Å². The number of likely N-dealkylation sites (N-methyl/N-ethyl adjacent to an activating group) is 1. The summed E-state index contributed by atoms with van der Waals surface area (Å²) in [7, 11) is 1.89. The van der Waals surface area contributed by atoms with E-state index in [-0.39, 0.29) is 18.0 Å². The van der Waals surface area contributed by atoms with Gasteiger partial charge in [0.15, 0.2) is 6.04 Å². The predicted octanol–water partition coefficient (Wildman–Crippen LogP) is 2.17. The summed E-state index contributed by atoms with van der Waals surface area (Å²) in [5, 5.41) is 3.07. The lowest BCUT2D eigenvalue weighted by molar-refractivity contribution is -0.908. The van der Waals surface area contributed by atoms with Gasteiger partial charge in [0.2, 0.25) is 0 Å². The number of quaternary nitrogens is 1. The maximum atomic E-state index is 12.6. The number of hydrogen-bond donors (Lipinski definition) is 2. The van der Waals surface area contributed by atoms with E-state index in [1.54, 1.807) is 0 Å². The highest BCUT2D eigenvalue weighted by atomic mass is 19.4. The third-order valence-corrected chi connectivity index (χ3v) is 4.60. The van der Waals surface area contributed by atoms with E-state index in [1.807, 2.05) is 14.0 Å². The number of halogens is 3. The van der Waals surface area contributed by atoms with E-state index in [0.29, 0.717) is 6.54 Å². The van der Waals surface area contributed by atoms with Gasteiger partial charge in [0.25, 0.3) is 5.91 Å². The number of rotatable bonds is 5. The van der Waals surface area contributed by atoms with Crippen molar-refractivity contribution in [2.45, 2.75) is 57.4 Å². The number of benzene rings is 1. The van der Waals surface area contributed by atoms with Crippen molar-refractivity contribution in [2.75, 3.05) is 7.05 Å². The van der Waals surface area contributed by atoms with Crippen LogP contribution in [0.25, 0.3) is 0 Å². The Morgan fingerprint density at radius 2 is 1.83 bits per heavy atom. The Balaban J connectivity index is 1.89. The molecule has 1 unspecified atom stereocenters. The first kappa shape index (κ1) is 17.8. The van der Waals surface area contributed by atoms with E-state index in [1.165, 1.54) is 12.1 Å². The normalized spacial score (nSPS) is 18.7. The van der Waals surface area contributed by atoms with Crippen molar-refractivity contribution in [3.8, 4) is 0 Å². The standard InChI is InChI=1S/C17H23F3N2O/c1-12(16(23)21-15-5-3-4-6-15)22(2)11-13-7-9-14(10-8-13)17(18,19)20/h7-10,12,15H,3-6,11H2,1-2H3,(H,21,23)/p+1/t12-/m0/s1. The van der Waals surface area contributed by atoms with Crippen LogP contribution in [0.1, 0.15) is 43.7 Å². The molecule has 0 heterocycles. The minimum atomic E-state index is -4.31. The van der Waals surface area contributed by atoms with E-state index >= 15 is 0 Å². The van der Waals surface area contributed by atoms with Gasteiger partial charge in [-0.3, -0.25) is 4.79 Å². The Bertz CT molecular complexity index is 522. The largest absolute Gasteiger partial charge is 0.416 e. The van der Waals surface area contributed by atoms with Gasteiger partial charge in [0.05, 0.1) is 12.6 Å². The minimum absolute atomic E-state index is 0.0151. The first-order valence-corrected chi connectivity index (χ1v) is 8.06. The van der Waals surface area contributed by atoms with Crippen molar-refractivity contribution >= 4 is 5.91 Å². The van der Waals surface area contributed by atoms with Crippen LogP contribution < -0.4 is 10.2 Å². The summed E-state index contributed by atoms with van der Waals surface area (Å²) in [6.45, 7) is 2.36. The van der Waals surface area contributed by atoms with Crippen molar-refractivity contribution in [3.05, 3.63) is 35.4 Å². The average Bonchev–Trinajstić information content (AvgIpc) is 2.98. The lowest BCUT2D eigenvalue weighted by Crippen LogP contribution is -3.12. The van der Waals surface area contributed by atoms with Gasteiger partial charge < -0.3 is 10.2 Å². The second kappa shape index (κ2) is 7.34. The summed E-state index contributed by atoms with van der Waals surface area (Å²) in [5.41, 5.74) is 0.141. The smallest absolute Gasteiger partial charge is 0.348 e. The van der Waals surface area contributed by atoms with Crippen LogP contribution in [0.2, 0.25) is 0 Å². The van der Waals surface area contributed by atoms with Crippen molar-refractivity contribution < 1.29 is 22.9 Å². The van der Waals surface area contributed by atoms with Crippen molar-refractivity contribution in [1.29, 1.82) is 0 Å². The molecule has 1 fully saturated rings. The molecule has 0 radical (unpaired) electrons. The van der Waals surface area contributed by atoms with E-state index < -0.39 is 11.7 Å². The fourth-order valence-electron chi connectivity index (χ4n) is 2.91. The molecule has 0 aliphatic heterocycles. The summed E-state index contributed by atoms with van der Waals surface area (Å²) >= 11 is 0. The number of hydrogen-bond acceptors (Lipinski definition) is 1. The number of carbonyl (C=O) groups is 1. The summed E-state index contributed by atoms with van der Waals surface area (Å²) < 4.78 is 37.7. The molecule has 0 saturated heterocycles. The molecule has 1 aliphatic carbocycles. The summed E-state index contributed by atoms with van der Waals surface area (Å²) in [6.07, 6.45) is 0.0831. The molecule has 2 rings (SSSR count). The molecule has 1 aromatic rings. The number of carbonyl (C=O) groups excluding carboxylic acids is 1. The molecule has 2 atom stereocenters. The highest BCUT2D eigenvalue weighted by molar-refractivity contribution is 5.80. The zero-order valence-electron chi connectivity index (χ0n) is 13.5. The minimum Gasteiger partial charge on any atom is -0.348 e. The van der Waals surface area contributed by atoms with Gasteiger partial charge in [0, 0.05) is 11.6 Å². The zero-order valence-corrected chi connectivity index (χ0v) is 13.5. The molecule has 0 spiro atoms. The first-order chi connectivity index (χ1) is 10.8. The van der Waals surface area contributed by atoms with Crippen LogP contribution in [0.4, 0.5) is 13.2 Å². The zero-order chi connectivity index (χ0) is 17.0. The molecule has 128 valence electrons. The van der Waals surface area contributed by atoms with Crippen molar-refractivity contribution in [2.24, 2.45) is 0 Å². The monoisotopic (exact) mass is 329 g/mol. The molecule has 0 bridgehead atoms. The fraction of sp³-hybridized carbons (Fsp3) is 0.588. The van der Waals surface area contributed by atoms with Gasteiger partial charge >= 0.3 is 6.18 Å².